The number of aliphatic hydroxyl groups excluding tert-OH is 1. The summed E-state index contributed by atoms with van der Waals surface area (Å²) in [5.74, 6) is -5.15. The molecule has 4 N–H and O–H groups in total. The first kappa shape index (κ1) is 48.3. The highest BCUT2D eigenvalue weighted by molar-refractivity contribution is 5.98. The van der Waals surface area contributed by atoms with E-state index in [-0.39, 0.29) is 12.3 Å². The second-order valence-electron chi connectivity index (χ2n) is 16.0. The molecule has 54 heavy (non-hydrogen) atoms. The van der Waals surface area contributed by atoms with E-state index in [4.69, 9.17) is 0 Å². The van der Waals surface area contributed by atoms with E-state index in [1.807, 2.05) is 20.8 Å². The van der Waals surface area contributed by atoms with Crippen molar-refractivity contribution in [2.75, 3.05) is 28.2 Å². The maximum atomic E-state index is 14.1. The van der Waals surface area contributed by atoms with Gasteiger partial charge in [-0.05, 0) is 51.4 Å². The van der Waals surface area contributed by atoms with Crippen LogP contribution in [-0.4, -0.2) is 143 Å². The molecule has 310 valence electrons. The minimum Gasteiger partial charge on any atom is -0.390 e. The van der Waals surface area contributed by atoms with Crippen molar-refractivity contribution in [2.45, 2.75) is 163 Å². The van der Waals surface area contributed by atoms with Crippen LogP contribution in [0.15, 0.2) is 0 Å². The summed E-state index contributed by atoms with van der Waals surface area (Å²) in [4.78, 5) is 103. The Kier molecular flexibility index (Phi) is 19.6. The molecule has 1 heterocycles. The Hall–Kier alpha value is -3.75. The quantitative estimate of drug-likeness (QED) is 0.230. The largest absolute Gasteiger partial charge is 0.390 e. The summed E-state index contributed by atoms with van der Waals surface area (Å²) in [7, 11) is 5.82. The van der Waals surface area contributed by atoms with Gasteiger partial charge in [0.25, 0.3) is 0 Å². The molecule has 9 atom stereocenters. The Bertz CT molecular complexity index is 1310. The Labute approximate surface area is 323 Å². The van der Waals surface area contributed by atoms with E-state index in [2.05, 4.69) is 22.9 Å². The van der Waals surface area contributed by atoms with Crippen LogP contribution >= 0.6 is 0 Å². The number of likely N-dealkylation sites (N-methyl/N-ethyl adjacent to an activating group) is 4. The van der Waals surface area contributed by atoms with Crippen LogP contribution in [0.4, 0.5) is 0 Å². The lowest BCUT2D eigenvalue weighted by Gasteiger charge is -2.36. The summed E-state index contributed by atoms with van der Waals surface area (Å²) in [5, 5.41) is 19.4. The maximum absolute atomic E-state index is 14.1. The monoisotopic (exact) mass is 766 g/mol. The van der Waals surface area contributed by atoms with Crippen LogP contribution in [-0.2, 0) is 33.6 Å². The summed E-state index contributed by atoms with van der Waals surface area (Å²) in [5.41, 5.74) is 0. The van der Waals surface area contributed by atoms with Gasteiger partial charge in [0.15, 0.2) is 0 Å². The molecule has 1 aliphatic rings. The first-order chi connectivity index (χ1) is 25.0. The smallest absolute Gasteiger partial charge is 0.245 e. The van der Waals surface area contributed by atoms with Gasteiger partial charge in [0, 0.05) is 28.2 Å². The fraction of sp³-hybridized carbons (Fsp3) is 0.821. The maximum Gasteiger partial charge on any atom is 0.245 e. The third-order valence-corrected chi connectivity index (χ3v) is 11.0. The Balaban J connectivity index is 3.91. The molecule has 0 unspecified atom stereocenters. The van der Waals surface area contributed by atoms with Crippen molar-refractivity contribution in [3.8, 4) is 0 Å². The van der Waals surface area contributed by atoms with E-state index in [1.165, 1.54) is 61.6 Å². The predicted octanol–water partition coefficient (Wildman–Crippen LogP) is 1.90. The number of aliphatic hydroxyl groups is 1. The van der Waals surface area contributed by atoms with Crippen LogP contribution in [0.1, 0.15) is 114 Å². The van der Waals surface area contributed by atoms with Crippen molar-refractivity contribution >= 4 is 41.4 Å². The predicted molar refractivity (Wildman–Crippen MR) is 208 cm³/mol. The van der Waals surface area contributed by atoms with Crippen molar-refractivity contribution in [1.82, 2.24) is 35.6 Å². The summed E-state index contributed by atoms with van der Waals surface area (Å²) in [6, 6.07) is -7.84. The highest BCUT2D eigenvalue weighted by atomic mass is 16.3. The van der Waals surface area contributed by atoms with Gasteiger partial charge >= 0.3 is 0 Å². The number of unbranched alkanes of at least 4 members (excludes halogenated alkanes) is 3. The molecule has 0 saturated carbocycles. The summed E-state index contributed by atoms with van der Waals surface area (Å²) < 4.78 is 0. The van der Waals surface area contributed by atoms with Gasteiger partial charge in [-0.25, -0.2) is 0 Å². The molecule has 0 spiro atoms. The zero-order chi connectivity index (χ0) is 41.8. The molecular formula is C39H71N7O8. The van der Waals surface area contributed by atoms with E-state index >= 15 is 0 Å². The number of nitrogens with one attached hydrogen (secondary N) is 3. The molecule has 1 saturated heterocycles. The number of carbonyl (C=O) groups excluding carboxylic acids is 7. The second-order valence-corrected chi connectivity index (χ2v) is 16.0. The summed E-state index contributed by atoms with van der Waals surface area (Å²) in [6.07, 6.45) is 3.07. The van der Waals surface area contributed by atoms with E-state index in [0.29, 0.717) is 19.3 Å². The van der Waals surface area contributed by atoms with Crippen LogP contribution in [0.5, 0.6) is 0 Å². The van der Waals surface area contributed by atoms with Crippen LogP contribution < -0.4 is 16.0 Å². The molecule has 0 aromatic carbocycles. The highest BCUT2D eigenvalue weighted by Crippen LogP contribution is 2.19. The molecule has 1 aliphatic heterocycles. The first-order valence-electron chi connectivity index (χ1n) is 19.7. The Morgan fingerprint density at radius 2 is 1.09 bits per heavy atom. The Morgan fingerprint density at radius 1 is 0.593 bits per heavy atom. The number of nitrogens with zero attached hydrogens (tertiary/aromatic N) is 4. The van der Waals surface area contributed by atoms with Gasteiger partial charge in [0.2, 0.25) is 41.4 Å². The topological polar surface area (TPSA) is 189 Å². The van der Waals surface area contributed by atoms with E-state index < -0.39 is 102 Å². The number of hydrogen-bond acceptors (Lipinski definition) is 8. The third-order valence-electron chi connectivity index (χ3n) is 11.0. The lowest BCUT2D eigenvalue weighted by molar-refractivity contribution is -0.150. The number of carbonyl (C=O) groups is 7. The molecule has 1 fully saturated rings. The minimum absolute atomic E-state index is 0.0212. The van der Waals surface area contributed by atoms with Crippen LogP contribution in [0, 0.1) is 17.8 Å². The van der Waals surface area contributed by atoms with Crippen LogP contribution in [0.3, 0.4) is 0 Å². The van der Waals surface area contributed by atoms with Gasteiger partial charge in [0.1, 0.15) is 42.3 Å². The molecular weight excluding hydrogens is 694 g/mol. The average molecular weight is 766 g/mol. The minimum atomic E-state index is -1.49. The zero-order valence-electron chi connectivity index (χ0n) is 35.4. The fourth-order valence-electron chi connectivity index (χ4n) is 6.37. The van der Waals surface area contributed by atoms with E-state index in [1.54, 1.807) is 27.7 Å². The van der Waals surface area contributed by atoms with Gasteiger partial charge in [0.05, 0.1) is 6.10 Å². The lowest BCUT2D eigenvalue weighted by atomic mass is 9.94. The molecule has 0 aliphatic carbocycles. The van der Waals surface area contributed by atoms with Gasteiger partial charge < -0.3 is 40.7 Å². The molecule has 0 radical (unpaired) electrons. The van der Waals surface area contributed by atoms with Crippen molar-refractivity contribution in [2.24, 2.45) is 17.8 Å². The summed E-state index contributed by atoms with van der Waals surface area (Å²) >= 11 is 0. The van der Waals surface area contributed by atoms with Gasteiger partial charge in [-0.2, -0.15) is 0 Å². The highest BCUT2D eigenvalue weighted by Gasteiger charge is 2.41. The van der Waals surface area contributed by atoms with Gasteiger partial charge in [-0.1, -0.05) is 80.6 Å². The van der Waals surface area contributed by atoms with Crippen LogP contribution in [0.25, 0.3) is 0 Å². The zero-order valence-corrected chi connectivity index (χ0v) is 35.4. The third kappa shape index (κ3) is 12.7. The van der Waals surface area contributed by atoms with Crippen molar-refractivity contribution < 1.29 is 38.7 Å². The summed E-state index contributed by atoms with van der Waals surface area (Å²) in [6.45, 7) is 17.4. The van der Waals surface area contributed by atoms with E-state index in [9.17, 15) is 38.7 Å². The van der Waals surface area contributed by atoms with Crippen LogP contribution in [0.2, 0.25) is 0 Å². The van der Waals surface area contributed by atoms with Crippen molar-refractivity contribution in [3.63, 3.8) is 0 Å². The average Bonchev–Trinajstić information content (AvgIpc) is 3.14. The normalized spacial score (nSPS) is 27.9. The first-order valence-corrected chi connectivity index (χ1v) is 19.7. The molecule has 1 rings (SSSR count). The van der Waals surface area contributed by atoms with Crippen molar-refractivity contribution in [3.05, 3.63) is 0 Å². The van der Waals surface area contributed by atoms with Crippen molar-refractivity contribution in [1.29, 1.82) is 0 Å². The molecule has 15 heteroatoms. The van der Waals surface area contributed by atoms with Gasteiger partial charge in [-0.3, -0.25) is 33.6 Å². The molecule has 15 nitrogen and oxygen atoms in total. The standard InChI is InChI=1S/C39H71N7O8/c1-15-17-18-19-20-28-38(53)44(12)26(9)36(51)43(11)25(8)33(48)42-31(32(47)23(5)6)35(50)41-30(24(7)16-2)39(54)45(13)27(10)37(52)46(14)29(21-22(3)4)34(49)40-28/h22-32,47H,15-21H2,1-14H3,(H,40,49)(H,41,50)(H,42,48)/t24-,25+,26-,27-,28-,29-,30+,31+,32+/m0/s1. The molecule has 0 aromatic rings. The molecule has 7 amide bonds. The lowest BCUT2D eigenvalue weighted by Crippen LogP contribution is -2.63. The molecule has 0 aromatic heterocycles. The SMILES string of the molecule is CCCCCC[C@@H]1NC(=O)[C@H](CC(C)C)N(C)C(=O)[C@H](C)N(C)C(=O)[C@@H]([C@@H](C)CC)NC(=O)[C@@H]([C@H](O)C(C)C)NC(=O)[C@@H](C)N(C)C(=O)[C@H](C)N(C)C1=O. The number of hydrogen-bond donors (Lipinski definition) is 4. The van der Waals surface area contributed by atoms with E-state index in [0.717, 1.165) is 19.3 Å². The fourth-order valence-corrected chi connectivity index (χ4v) is 6.37. The second kappa shape index (κ2) is 22.0. The number of rotatable bonds is 11. The Morgan fingerprint density at radius 3 is 1.59 bits per heavy atom. The van der Waals surface area contributed by atoms with Gasteiger partial charge in [-0.15, -0.1) is 0 Å². The number of amides is 7. The molecule has 0 bridgehead atoms.